The standard InChI is InChI=1S/C16H23NO4/c1-17(11-15-4-2-3-9-20-15)10-13-5-7-14(8-6-13)21-12-16(18)19/h5-8,15H,2-4,9-12H2,1H3,(H,18,19)/t15-/m1/s1. The molecule has 116 valence electrons. The minimum atomic E-state index is -0.966. The predicted octanol–water partition coefficient (Wildman–Crippen LogP) is 2.15. The number of nitrogens with zero attached hydrogens (tertiary/aromatic N) is 1. The molecule has 0 bridgehead atoms. The summed E-state index contributed by atoms with van der Waals surface area (Å²) in [6, 6.07) is 7.55. The van der Waals surface area contributed by atoms with Gasteiger partial charge in [-0.25, -0.2) is 4.79 Å². The third kappa shape index (κ3) is 5.73. The zero-order valence-electron chi connectivity index (χ0n) is 12.5. The Morgan fingerprint density at radius 1 is 1.38 bits per heavy atom. The molecule has 1 N–H and O–H groups in total. The fourth-order valence-electron chi connectivity index (χ4n) is 2.51. The maximum atomic E-state index is 10.4. The Kier molecular flexibility index (Phi) is 6.02. The van der Waals surface area contributed by atoms with Crippen LogP contribution in [0.1, 0.15) is 24.8 Å². The molecular weight excluding hydrogens is 270 g/mol. The van der Waals surface area contributed by atoms with Crippen LogP contribution in [0.25, 0.3) is 0 Å². The van der Waals surface area contributed by atoms with Crippen molar-refractivity contribution in [2.75, 3.05) is 26.8 Å². The lowest BCUT2D eigenvalue weighted by molar-refractivity contribution is -0.139. The largest absolute Gasteiger partial charge is 0.482 e. The summed E-state index contributed by atoms with van der Waals surface area (Å²) < 4.78 is 10.9. The van der Waals surface area contributed by atoms with E-state index in [1.165, 1.54) is 18.4 Å². The van der Waals surface area contributed by atoms with Crippen molar-refractivity contribution in [3.8, 4) is 5.75 Å². The van der Waals surface area contributed by atoms with Crippen molar-refractivity contribution >= 4 is 5.97 Å². The van der Waals surface area contributed by atoms with Gasteiger partial charge in [0.15, 0.2) is 6.61 Å². The van der Waals surface area contributed by atoms with Crippen LogP contribution in [-0.2, 0) is 16.1 Å². The molecule has 1 aliphatic heterocycles. The van der Waals surface area contributed by atoms with Gasteiger partial charge in [0, 0.05) is 19.7 Å². The van der Waals surface area contributed by atoms with Gasteiger partial charge >= 0.3 is 5.97 Å². The smallest absolute Gasteiger partial charge is 0.341 e. The van der Waals surface area contributed by atoms with E-state index in [1.807, 2.05) is 24.3 Å². The number of hydrogen-bond donors (Lipinski definition) is 1. The molecule has 1 atom stereocenters. The third-order valence-corrected chi connectivity index (χ3v) is 3.53. The summed E-state index contributed by atoms with van der Waals surface area (Å²) in [5.74, 6) is -0.384. The molecule has 0 spiro atoms. The second-order valence-corrected chi connectivity index (χ2v) is 5.51. The molecule has 0 saturated carbocycles. The lowest BCUT2D eigenvalue weighted by Crippen LogP contribution is -2.33. The molecule has 2 rings (SSSR count). The zero-order valence-corrected chi connectivity index (χ0v) is 12.5. The van der Waals surface area contributed by atoms with Crippen molar-refractivity contribution in [3.05, 3.63) is 29.8 Å². The summed E-state index contributed by atoms with van der Waals surface area (Å²) in [5, 5.41) is 8.56. The molecule has 1 fully saturated rings. The highest BCUT2D eigenvalue weighted by Crippen LogP contribution is 2.16. The van der Waals surface area contributed by atoms with Crippen LogP contribution in [0.4, 0.5) is 0 Å². The van der Waals surface area contributed by atoms with Crippen LogP contribution in [0.15, 0.2) is 24.3 Å². The van der Waals surface area contributed by atoms with E-state index in [-0.39, 0.29) is 6.61 Å². The third-order valence-electron chi connectivity index (χ3n) is 3.53. The number of aliphatic carboxylic acids is 1. The second kappa shape index (κ2) is 8.00. The molecule has 5 heteroatoms. The second-order valence-electron chi connectivity index (χ2n) is 5.51. The van der Waals surface area contributed by atoms with Gasteiger partial charge in [0.2, 0.25) is 0 Å². The van der Waals surface area contributed by atoms with Crippen LogP contribution in [0.3, 0.4) is 0 Å². The quantitative estimate of drug-likeness (QED) is 0.834. The minimum Gasteiger partial charge on any atom is -0.482 e. The van der Waals surface area contributed by atoms with E-state index in [0.29, 0.717) is 11.9 Å². The molecule has 0 amide bonds. The zero-order chi connectivity index (χ0) is 15.1. The molecule has 1 aromatic carbocycles. The summed E-state index contributed by atoms with van der Waals surface area (Å²) >= 11 is 0. The van der Waals surface area contributed by atoms with Crippen molar-refractivity contribution < 1.29 is 19.4 Å². The number of rotatable bonds is 7. The topological polar surface area (TPSA) is 59.0 Å². The van der Waals surface area contributed by atoms with Gasteiger partial charge in [0.1, 0.15) is 5.75 Å². The van der Waals surface area contributed by atoms with Gasteiger partial charge in [-0.15, -0.1) is 0 Å². The van der Waals surface area contributed by atoms with Crippen molar-refractivity contribution in [2.45, 2.75) is 31.9 Å². The van der Waals surface area contributed by atoms with Gasteiger partial charge in [-0.1, -0.05) is 12.1 Å². The molecule has 0 unspecified atom stereocenters. The molecule has 21 heavy (non-hydrogen) atoms. The molecule has 1 aliphatic rings. The van der Waals surface area contributed by atoms with Crippen LogP contribution < -0.4 is 4.74 Å². The molecule has 5 nitrogen and oxygen atoms in total. The van der Waals surface area contributed by atoms with Crippen LogP contribution in [0, 0.1) is 0 Å². The number of likely N-dealkylation sites (N-methyl/N-ethyl adjacent to an activating group) is 1. The molecule has 1 saturated heterocycles. The number of hydrogen-bond acceptors (Lipinski definition) is 4. The average molecular weight is 293 g/mol. The van der Waals surface area contributed by atoms with Gasteiger partial charge in [0.05, 0.1) is 6.10 Å². The van der Waals surface area contributed by atoms with E-state index in [9.17, 15) is 4.79 Å². The maximum absolute atomic E-state index is 10.4. The Balaban J connectivity index is 1.77. The Morgan fingerprint density at radius 2 is 2.14 bits per heavy atom. The number of carbonyl (C=O) groups is 1. The molecule has 0 radical (unpaired) electrons. The number of carboxylic acid groups (broad SMARTS) is 1. The lowest BCUT2D eigenvalue weighted by Gasteiger charge is -2.27. The van der Waals surface area contributed by atoms with E-state index in [1.54, 1.807) is 0 Å². The first-order valence-electron chi connectivity index (χ1n) is 7.37. The highest BCUT2D eigenvalue weighted by Gasteiger charge is 2.15. The molecule has 0 aromatic heterocycles. The highest BCUT2D eigenvalue weighted by molar-refractivity contribution is 5.68. The monoisotopic (exact) mass is 293 g/mol. The SMILES string of the molecule is CN(Cc1ccc(OCC(=O)O)cc1)C[C@H]1CCCCO1. The average Bonchev–Trinajstić information content (AvgIpc) is 2.47. The van der Waals surface area contributed by atoms with Gasteiger partial charge in [0.25, 0.3) is 0 Å². The summed E-state index contributed by atoms with van der Waals surface area (Å²) in [4.78, 5) is 12.7. The first-order chi connectivity index (χ1) is 10.1. The Bertz CT molecular complexity index is 440. The lowest BCUT2D eigenvalue weighted by atomic mass is 10.1. The fourth-order valence-corrected chi connectivity index (χ4v) is 2.51. The summed E-state index contributed by atoms with van der Waals surface area (Å²) in [5.41, 5.74) is 1.18. The van der Waals surface area contributed by atoms with E-state index in [2.05, 4.69) is 11.9 Å². The summed E-state index contributed by atoms with van der Waals surface area (Å²) in [6.45, 7) is 2.36. The van der Waals surface area contributed by atoms with Crippen LogP contribution >= 0.6 is 0 Å². The predicted molar refractivity (Wildman–Crippen MR) is 79.5 cm³/mol. The van der Waals surface area contributed by atoms with E-state index in [0.717, 1.165) is 26.1 Å². The number of ether oxygens (including phenoxy) is 2. The normalized spacial score (nSPS) is 18.7. The Hall–Kier alpha value is -1.59. The first kappa shape index (κ1) is 15.8. The number of carboxylic acids is 1. The Labute approximate surface area is 125 Å². The van der Waals surface area contributed by atoms with Gasteiger partial charge < -0.3 is 14.6 Å². The maximum Gasteiger partial charge on any atom is 0.341 e. The van der Waals surface area contributed by atoms with Crippen molar-refractivity contribution in [2.24, 2.45) is 0 Å². The minimum absolute atomic E-state index is 0.307. The van der Waals surface area contributed by atoms with E-state index < -0.39 is 5.97 Å². The molecule has 0 aliphatic carbocycles. The molecule has 1 aromatic rings. The number of benzene rings is 1. The molecular formula is C16H23NO4. The van der Waals surface area contributed by atoms with Crippen LogP contribution in [-0.4, -0.2) is 48.9 Å². The van der Waals surface area contributed by atoms with E-state index in [4.69, 9.17) is 14.6 Å². The van der Waals surface area contributed by atoms with Crippen LogP contribution in [0.2, 0.25) is 0 Å². The summed E-state index contributed by atoms with van der Waals surface area (Å²) in [6.07, 6.45) is 3.93. The van der Waals surface area contributed by atoms with Gasteiger partial charge in [-0.3, -0.25) is 4.90 Å². The van der Waals surface area contributed by atoms with E-state index >= 15 is 0 Å². The van der Waals surface area contributed by atoms with Crippen molar-refractivity contribution in [3.63, 3.8) is 0 Å². The summed E-state index contributed by atoms with van der Waals surface area (Å²) in [7, 11) is 2.09. The van der Waals surface area contributed by atoms with Gasteiger partial charge in [-0.2, -0.15) is 0 Å². The highest BCUT2D eigenvalue weighted by atomic mass is 16.5. The van der Waals surface area contributed by atoms with Crippen LogP contribution in [0.5, 0.6) is 5.75 Å². The van der Waals surface area contributed by atoms with Crippen molar-refractivity contribution in [1.29, 1.82) is 0 Å². The van der Waals surface area contributed by atoms with Crippen molar-refractivity contribution in [1.82, 2.24) is 4.90 Å². The molecule has 1 heterocycles. The fraction of sp³-hybridized carbons (Fsp3) is 0.562. The Morgan fingerprint density at radius 3 is 2.76 bits per heavy atom. The first-order valence-corrected chi connectivity index (χ1v) is 7.37. The van der Waals surface area contributed by atoms with Gasteiger partial charge in [-0.05, 0) is 44.0 Å².